The number of aliphatic hydroxyl groups is 1. The Kier molecular flexibility index (Phi) is 8.05. The molecule has 1 rings (SSSR count). The van der Waals surface area contributed by atoms with Gasteiger partial charge in [-0.2, -0.15) is 48.3 Å². The highest BCUT2D eigenvalue weighted by Crippen LogP contribution is 2.57. The normalized spacial score (nSPS) is 14.8. The van der Waals surface area contributed by atoms with Crippen molar-refractivity contribution in [2.75, 3.05) is 6.61 Å². The molecule has 0 aliphatic carbocycles. The summed E-state index contributed by atoms with van der Waals surface area (Å²) < 4.78 is 146. The molecule has 3 nitrogen and oxygen atoms in total. The van der Waals surface area contributed by atoms with E-state index in [1.807, 2.05) is 0 Å². The fraction of sp³-hybridized carbons (Fsp3) is 0.471. The van der Waals surface area contributed by atoms with Crippen LogP contribution >= 0.6 is 15.9 Å². The number of benzene rings is 1. The monoisotopic (exact) mass is 552 g/mol. The van der Waals surface area contributed by atoms with E-state index in [4.69, 9.17) is 0 Å². The molecule has 0 aliphatic rings. The number of hydrogen-bond acceptors (Lipinski definition) is 3. The van der Waals surface area contributed by atoms with Crippen molar-refractivity contribution < 1.29 is 62.9 Å². The molecule has 1 atom stereocenters. The number of halogens is 12. The minimum Gasteiger partial charge on any atom is -0.456 e. The first-order chi connectivity index (χ1) is 14.2. The number of carbonyl (C=O) groups excluding carboxylic acids is 1. The summed E-state index contributed by atoms with van der Waals surface area (Å²) in [5.41, 5.74) is -0.646. The molecule has 1 aromatic carbocycles. The van der Waals surface area contributed by atoms with Crippen LogP contribution in [0.1, 0.15) is 18.1 Å². The van der Waals surface area contributed by atoms with E-state index < -0.39 is 60.5 Å². The van der Waals surface area contributed by atoms with Crippen LogP contribution in [0.15, 0.2) is 40.9 Å². The molecular formula is C17H12BrF11O3. The second-order valence-electron chi connectivity index (χ2n) is 6.35. The fourth-order valence-electron chi connectivity index (χ4n) is 2.13. The molecule has 15 heteroatoms. The van der Waals surface area contributed by atoms with Crippen molar-refractivity contribution in [2.24, 2.45) is 0 Å². The lowest BCUT2D eigenvalue weighted by atomic mass is 9.98. The van der Waals surface area contributed by atoms with Crippen LogP contribution in [0.5, 0.6) is 0 Å². The SMILES string of the molecule is C=C(CC(O)c1ccccc1Br)C(=O)OCC(F)(F)C(F)(F)C(F)(F)C(F)(F)C(F)(F)F. The van der Waals surface area contributed by atoms with Gasteiger partial charge in [-0.25, -0.2) is 4.79 Å². The molecule has 0 aliphatic heterocycles. The highest BCUT2D eigenvalue weighted by Gasteiger charge is 2.87. The van der Waals surface area contributed by atoms with Crippen LogP contribution < -0.4 is 0 Å². The van der Waals surface area contributed by atoms with Gasteiger partial charge >= 0.3 is 35.8 Å². The second kappa shape index (κ2) is 9.15. The summed E-state index contributed by atoms with van der Waals surface area (Å²) >= 11 is 3.05. The molecule has 0 radical (unpaired) electrons. The van der Waals surface area contributed by atoms with Gasteiger partial charge in [0.15, 0.2) is 6.61 Å². The Hall–Kier alpha value is -1.90. The standard InChI is InChI=1S/C17H12BrF11O3/c1-8(6-11(30)9-4-2-3-5-10(9)18)12(31)32-7-13(19,20)14(21,22)15(23,24)16(25,26)17(27,28)29/h2-5,11,30H,1,6-7H2. The number of aliphatic hydroxyl groups excluding tert-OH is 1. The molecule has 182 valence electrons. The van der Waals surface area contributed by atoms with Gasteiger partial charge in [0, 0.05) is 16.5 Å². The van der Waals surface area contributed by atoms with Crippen LogP contribution in [0.25, 0.3) is 0 Å². The maximum atomic E-state index is 13.5. The first kappa shape index (κ1) is 28.1. The van der Waals surface area contributed by atoms with Crippen molar-refractivity contribution in [2.45, 2.75) is 42.4 Å². The molecule has 0 heterocycles. The van der Waals surface area contributed by atoms with Crippen molar-refractivity contribution in [1.82, 2.24) is 0 Å². The predicted molar refractivity (Wildman–Crippen MR) is 89.7 cm³/mol. The van der Waals surface area contributed by atoms with Crippen molar-refractivity contribution in [3.63, 3.8) is 0 Å². The highest BCUT2D eigenvalue weighted by molar-refractivity contribution is 9.10. The minimum atomic E-state index is -7.60. The van der Waals surface area contributed by atoms with Gasteiger partial charge in [-0.3, -0.25) is 0 Å². The van der Waals surface area contributed by atoms with Crippen molar-refractivity contribution in [3.8, 4) is 0 Å². The predicted octanol–water partition coefficient (Wildman–Crippen LogP) is 6.08. The van der Waals surface area contributed by atoms with Gasteiger partial charge in [0.25, 0.3) is 0 Å². The number of esters is 1. The Bertz CT molecular complexity index is 852. The molecule has 0 spiro atoms. The molecule has 0 saturated heterocycles. The summed E-state index contributed by atoms with van der Waals surface area (Å²) in [7, 11) is 0. The van der Waals surface area contributed by atoms with Gasteiger partial charge in [-0.1, -0.05) is 40.7 Å². The van der Waals surface area contributed by atoms with E-state index in [9.17, 15) is 58.2 Å². The molecule has 1 N–H and O–H groups in total. The summed E-state index contributed by atoms with van der Waals surface area (Å²) in [5.74, 6) is -30.7. The van der Waals surface area contributed by atoms with E-state index >= 15 is 0 Å². The molecule has 0 saturated carbocycles. The van der Waals surface area contributed by atoms with E-state index in [0.717, 1.165) is 0 Å². The molecule has 0 fully saturated rings. The Morgan fingerprint density at radius 3 is 1.91 bits per heavy atom. The zero-order chi connectivity index (χ0) is 25.3. The summed E-state index contributed by atoms with van der Waals surface area (Å²) in [5, 5.41) is 9.99. The van der Waals surface area contributed by atoms with E-state index in [-0.39, 0.29) is 5.56 Å². The van der Waals surface area contributed by atoms with Crippen molar-refractivity contribution in [3.05, 3.63) is 46.5 Å². The van der Waals surface area contributed by atoms with Crippen molar-refractivity contribution >= 4 is 21.9 Å². The Morgan fingerprint density at radius 2 is 1.44 bits per heavy atom. The molecule has 0 bridgehead atoms. The van der Waals surface area contributed by atoms with Gasteiger partial charge in [0.05, 0.1) is 6.10 Å². The third kappa shape index (κ3) is 5.18. The van der Waals surface area contributed by atoms with Crippen LogP contribution in [-0.2, 0) is 9.53 Å². The van der Waals surface area contributed by atoms with Gasteiger partial charge in [0.1, 0.15) is 0 Å². The molecule has 1 unspecified atom stereocenters. The van der Waals surface area contributed by atoms with Gasteiger partial charge in [0.2, 0.25) is 0 Å². The third-order valence-electron chi connectivity index (χ3n) is 3.98. The fourth-order valence-corrected chi connectivity index (χ4v) is 2.67. The van der Waals surface area contributed by atoms with Crippen LogP contribution in [-0.4, -0.2) is 47.5 Å². The first-order valence-corrected chi connectivity index (χ1v) is 8.85. The minimum absolute atomic E-state index is 0.173. The zero-order valence-electron chi connectivity index (χ0n) is 15.3. The third-order valence-corrected chi connectivity index (χ3v) is 4.70. The zero-order valence-corrected chi connectivity index (χ0v) is 16.9. The molecular weight excluding hydrogens is 541 g/mol. The number of alkyl halides is 11. The van der Waals surface area contributed by atoms with Gasteiger partial charge in [-0.15, -0.1) is 0 Å². The lowest BCUT2D eigenvalue weighted by molar-refractivity contribution is -0.423. The molecule has 32 heavy (non-hydrogen) atoms. The molecule has 0 aromatic heterocycles. The molecule has 1 aromatic rings. The Balaban J connectivity index is 2.93. The summed E-state index contributed by atoms with van der Waals surface area (Å²) in [6.45, 7) is 0.0541. The van der Waals surface area contributed by atoms with Crippen LogP contribution in [0, 0.1) is 0 Å². The quantitative estimate of drug-likeness (QED) is 0.229. The van der Waals surface area contributed by atoms with E-state index in [1.54, 1.807) is 6.07 Å². The number of rotatable bonds is 9. The van der Waals surface area contributed by atoms with E-state index in [1.165, 1.54) is 18.2 Å². The largest absolute Gasteiger partial charge is 0.460 e. The average molecular weight is 553 g/mol. The Labute approximate surface area is 181 Å². The summed E-state index contributed by atoms with van der Waals surface area (Å²) in [4.78, 5) is 11.6. The topological polar surface area (TPSA) is 46.5 Å². The lowest BCUT2D eigenvalue weighted by Crippen LogP contribution is -2.67. The van der Waals surface area contributed by atoms with E-state index in [0.29, 0.717) is 4.47 Å². The van der Waals surface area contributed by atoms with E-state index in [2.05, 4.69) is 27.2 Å². The highest BCUT2D eigenvalue weighted by atomic mass is 79.9. The van der Waals surface area contributed by atoms with Crippen LogP contribution in [0.4, 0.5) is 48.3 Å². The summed E-state index contributed by atoms with van der Waals surface area (Å²) in [6, 6.07) is 5.85. The van der Waals surface area contributed by atoms with Crippen LogP contribution in [0.2, 0.25) is 0 Å². The van der Waals surface area contributed by atoms with Gasteiger partial charge < -0.3 is 9.84 Å². The second-order valence-corrected chi connectivity index (χ2v) is 7.20. The maximum absolute atomic E-state index is 13.5. The first-order valence-electron chi connectivity index (χ1n) is 8.06. The number of ether oxygens (including phenoxy) is 1. The molecule has 0 amide bonds. The maximum Gasteiger partial charge on any atom is 0.460 e. The number of hydrogen-bond donors (Lipinski definition) is 1. The average Bonchev–Trinajstić information content (AvgIpc) is 2.64. The van der Waals surface area contributed by atoms with Crippen molar-refractivity contribution in [1.29, 1.82) is 0 Å². The lowest BCUT2D eigenvalue weighted by Gasteiger charge is -2.36. The van der Waals surface area contributed by atoms with Gasteiger partial charge in [-0.05, 0) is 11.6 Å². The van der Waals surface area contributed by atoms with Crippen LogP contribution in [0.3, 0.4) is 0 Å². The Morgan fingerprint density at radius 1 is 0.938 bits per heavy atom. The number of carbonyl (C=O) groups is 1. The smallest absolute Gasteiger partial charge is 0.456 e. The summed E-state index contributed by atoms with van der Waals surface area (Å²) in [6.07, 6.45) is -9.50.